The average molecular weight is 242 g/mol. The maximum atomic E-state index is 11.1. The highest BCUT2D eigenvalue weighted by atomic mass is 35.5. The summed E-state index contributed by atoms with van der Waals surface area (Å²) >= 11 is 5.28. The van der Waals surface area contributed by atoms with E-state index in [-0.39, 0.29) is 10.6 Å². The topological polar surface area (TPSA) is 55.4 Å². The van der Waals surface area contributed by atoms with Crippen LogP contribution in [-0.4, -0.2) is 33.4 Å². The Morgan fingerprint density at radius 2 is 2.00 bits per heavy atom. The smallest absolute Gasteiger partial charge is 0.225 e. The van der Waals surface area contributed by atoms with Crippen molar-refractivity contribution in [3.8, 4) is 0 Å². The number of sulfonamides is 1. The number of rotatable bonds is 4. The van der Waals surface area contributed by atoms with Gasteiger partial charge in [0.05, 0.1) is 0 Å². The fourth-order valence-electron chi connectivity index (χ4n) is 1.36. The second-order valence-corrected chi connectivity index (χ2v) is 6.36. The summed E-state index contributed by atoms with van der Waals surface area (Å²) < 4.78 is 29.9. The van der Waals surface area contributed by atoms with E-state index in [1.807, 2.05) is 0 Å². The van der Waals surface area contributed by atoms with E-state index >= 15 is 0 Å². The Balaban J connectivity index is 2.43. The van der Waals surface area contributed by atoms with Crippen molar-refractivity contribution in [2.75, 3.05) is 25.0 Å². The van der Waals surface area contributed by atoms with Crippen LogP contribution in [0, 0.1) is 5.41 Å². The minimum absolute atomic E-state index is 0.0113. The van der Waals surface area contributed by atoms with Crippen LogP contribution >= 0.6 is 11.6 Å². The van der Waals surface area contributed by atoms with Gasteiger partial charge in [-0.2, -0.15) is 0 Å². The highest BCUT2D eigenvalue weighted by Crippen LogP contribution is 2.28. The van der Waals surface area contributed by atoms with E-state index in [4.69, 9.17) is 16.3 Å². The van der Waals surface area contributed by atoms with Gasteiger partial charge in [0.25, 0.3) is 0 Å². The summed E-state index contributed by atoms with van der Waals surface area (Å²) in [6.45, 7) is 3.93. The largest absolute Gasteiger partial charge is 0.381 e. The number of ether oxygens (including phenoxy) is 1. The predicted octanol–water partition coefficient (Wildman–Crippen LogP) is 0.919. The molecule has 0 atom stereocenters. The van der Waals surface area contributed by atoms with E-state index in [2.05, 4.69) is 11.6 Å². The molecule has 84 valence electrons. The van der Waals surface area contributed by atoms with Gasteiger partial charge in [0.1, 0.15) is 5.21 Å². The van der Waals surface area contributed by atoms with Gasteiger partial charge in [-0.3, -0.25) is 0 Å². The van der Waals surface area contributed by atoms with Crippen LogP contribution in [-0.2, 0) is 14.8 Å². The van der Waals surface area contributed by atoms with E-state index < -0.39 is 10.0 Å². The molecule has 0 spiro atoms. The fourth-order valence-corrected chi connectivity index (χ4v) is 2.24. The third-order valence-corrected chi connectivity index (χ3v) is 4.30. The number of hydrogen-bond acceptors (Lipinski definition) is 3. The van der Waals surface area contributed by atoms with Crippen molar-refractivity contribution in [2.45, 2.75) is 19.8 Å². The summed E-state index contributed by atoms with van der Waals surface area (Å²) in [4.78, 5) is 0. The van der Waals surface area contributed by atoms with E-state index in [0.29, 0.717) is 19.8 Å². The lowest BCUT2D eigenvalue weighted by atomic mass is 9.83. The predicted molar refractivity (Wildman–Crippen MR) is 55.8 cm³/mol. The summed E-state index contributed by atoms with van der Waals surface area (Å²) in [5.41, 5.74) is 0.0113. The lowest BCUT2D eigenvalue weighted by molar-refractivity contribution is 0.0265. The summed E-state index contributed by atoms with van der Waals surface area (Å²) in [5.74, 6) is 0. The van der Waals surface area contributed by atoms with Gasteiger partial charge in [-0.25, -0.2) is 13.1 Å². The molecule has 0 aliphatic carbocycles. The van der Waals surface area contributed by atoms with Crippen molar-refractivity contribution in [3.05, 3.63) is 0 Å². The molecular weight excluding hydrogens is 226 g/mol. The number of alkyl halides is 1. The van der Waals surface area contributed by atoms with Crippen molar-refractivity contribution in [3.63, 3.8) is 0 Å². The van der Waals surface area contributed by atoms with Gasteiger partial charge in [0, 0.05) is 19.8 Å². The zero-order valence-electron chi connectivity index (χ0n) is 8.25. The van der Waals surface area contributed by atoms with Gasteiger partial charge in [0.2, 0.25) is 10.0 Å². The number of hydrogen-bond donors (Lipinski definition) is 1. The minimum atomic E-state index is -3.28. The van der Waals surface area contributed by atoms with Crippen molar-refractivity contribution < 1.29 is 13.2 Å². The Labute approximate surface area is 90.0 Å². The van der Waals surface area contributed by atoms with Crippen LogP contribution in [0.15, 0.2) is 0 Å². The summed E-state index contributed by atoms with van der Waals surface area (Å²) in [5, 5.41) is -0.375. The molecule has 6 heteroatoms. The summed E-state index contributed by atoms with van der Waals surface area (Å²) in [6.07, 6.45) is 1.77. The van der Waals surface area contributed by atoms with Gasteiger partial charge < -0.3 is 4.74 Å². The van der Waals surface area contributed by atoms with Crippen molar-refractivity contribution >= 4 is 21.6 Å². The van der Waals surface area contributed by atoms with Gasteiger partial charge in [-0.05, 0) is 18.3 Å². The third-order valence-electron chi connectivity index (χ3n) is 2.56. The van der Waals surface area contributed by atoms with Gasteiger partial charge in [-0.1, -0.05) is 6.92 Å². The van der Waals surface area contributed by atoms with Gasteiger partial charge >= 0.3 is 0 Å². The molecule has 1 fully saturated rings. The fraction of sp³-hybridized carbons (Fsp3) is 1.00. The lowest BCUT2D eigenvalue weighted by Crippen LogP contribution is -2.39. The Morgan fingerprint density at radius 1 is 1.43 bits per heavy atom. The molecule has 1 heterocycles. The van der Waals surface area contributed by atoms with E-state index in [1.54, 1.807) is 0 Å². The molecule has 0 radical (unpaired) electrons. The van der Waals surface area contributed by atoms with Crippen molar-refractivity contribution in [2.24, 2.45) is 5.41 Å². The molecule has 1 N–H and O–H groups in total. The molecule has 0 bridgehead atoms. The van der Waals surface area contributed by atoms with Crippen LogP contribution < -0.4 is 4.72 Å². The molecular formula is C8H16ClNO3S. The molecule has 0 aromatic carbocycles. The van der Waals surface area contributed by atoms with E-state index in [0.717, 1.165) is 12.8 Å². The first kappa shape index (κ1) is 12.2. The highest BCUT2D eigenvalue weighted by Gasteiger charge is 2.28. The molecule has 0 amide bonds. The SMILES string of the molecule is CC1(CNS(=O)(=O)CCl)CCOCC1. The summed E-state index contributed by atoms with van der Waals surface area (Å²) in [7, 11) is -3.28. The first-order chi connectivity index (χ1) is 6.47. The molecule has 1 aliphatic rings. The molecule has 0 unspecified atom stereocenters. The standard InChI is InChI=1S/C8H16ClNO3S/c1-8(2-4-13-5-3-8)6-10-14(11,12)7-9/h10H,2-7H2,1H3. The normalized spacial score (nSPS) is 22.1. The molecule has 0 saturated carbocycles. The number of nitrogens with one attached hydrogen (secondary N) is 1. The van der Waals surface area contributed by atoms with Crippen LogP contribution in [0.5, 0.6) is 0 Å². The maximum absolute atomic E-state index is 11.1. The molecule has 4 nitrogen and oxygen atoms in total. The molecule has 1 aliphatic heterocycles. The van der Waals surface area contributed by atoms with Crippen LogP contribution in [0.1, 0.15) is 19.8 Å². The van der Waals surface area contributed by atoms with E-state index in [1.165, 1.54) is 0 Å². The quantitative estimate of drug-likeness (QED) is 0.745. The zero-order chi connectivity index (χ0) is 10.7. The highest BCUT2D eigenvalue weighted by molar-refractivity contribution is 7.90. The Morgan fingerprint density at radius 3 is 2.50 bits per heavy atom. The Kier molecular flexibility index (Phi) is 4.18. The number of halogens is 1. The molecule has 1 saturated heterocycles. The molecule has 1 rings (SSSR count). The second-order valence-electron chi connectivity index (χ2n) is 3.97. The minimum Gasteiger partial charge on any atom is -0.381 e. The molecule has 0 aromatic rings. The molecule has 14 heavy (non-hydrogen) atoms. The van der Waals surface area contributed by atoms with Gasteiger partial charge in [-0.15, -0.1) is 11.6 Å². The van der Waals surface area contributed by atoms with Gasteiger partial charge in [0.15, 0.2) is 0 Å². The second kappa shape index (κ2) is 4.79. The van der Waals surface area contributed by atoms with Crippen LogP contribution in [0.4, 0.5) is 0 Å². The Hall–Kier alpha value is 0.160. The van der Waals surface area contributed by atoms with Crippen LogP contribution in [0.3, 0.4) is 0 Å². The first-order valence-corrected chi connectivity index (χ1v) is 6.77. The Bertz CT molecular complexity index is 272. The maximum Gasteiger partial charge on any atom is 0.225 e. The first-order valence-electron chi connectivity index (χ1n) is 4.58. The lowest BCUT2D eigenvalue weighted by Gasteiger charge is -2.33. The summed E-state index contributed by atoms with van der Waals surface area (Å²) in [6, 6.07) is 0. The van der Waals surface area contributed by atoms with E-state index in [9.17, 15) is 8.42 Å². The van der Waals surface area contributed by atoms with Crippen molar-refractivity contribution in [1.82, 2.24) is 4.72 Å². The van der Waals surface area contributed by atoms with Crippen molar-refractivity contribution in [1.29, 1.82) is 0 Å². The van der Waals surface area contributed by atoms with Crippen LogP contribution in [0.25, 0.3) is 0 Å². The monoisotopic (exact) mass is 241 g/mol. The average Bonchev–Trinajstić information content (AvgIpc) is 2.17. The molecule has 0 aromatic heterocycles. The zero-order valence-corrected chi connectivity index (χ0v) is 9.83. The third kappa shape index (κ3) is 3.73. The van der Waals surface area contributed by atoms with Crippen LogP contribution in [0.2, 0.25) is 0 Å².